The summed E-state index contributed by atoms with van der Waals surface area (Å²) in [5.74, 6) is 3.54. The van der Waals surface area contributed by atoms with E-state index in [1.165, 1.54) is 38.8 Å². The Kier molecular flexibility index (Phi) is 6.59. The molecule has 0 unspecified atom stereocenters. The van der Waals surface area contributed by atoms with Gasteiger partial charge in [0.15, 0.2) is 0 Å². The highest BCUT2D eigenvalue weighted by Crippen LogP contribution is 2.41. The maximum absolute atomic E-state index is 6.93. The smallest absolute Gasteiger partial charge is 0.260 e. The van der Waals surface area contributed by atoms with Crippen LogP contribution in [0.15, 0.2) is 121 Å². The Hall–Kier alpha value is -4.76. The van der Waals surface area contributed by atoms with Crippen molar-refractivity contribution in [3.8, 4) is 45.3 Å². The molecule has 0 fully saturated rings. The summed E-state index contributed by atoms with van der Waals surface area (Å²) >= 11 is 0. The van der Waals surface area contributed by atoms with Crippen LogP contribution in [0.1, 0.15) is 38.3 Å². The lowest BCUT2D eigenvalue weighted by Crippen LogP contribution is -2.57. The van der Waals surface area contributed by atoms with Crippen LogP contribution < -0.4 is 25.9 Å². The molecule has 0 aliphatic carbocycles. The Morgan fingerprint density at radius 3 is 2.21 bits per heavy atom. The van der Waals surface area contributed by atoms with E-state index in [0.717, 1.165) is 51.6 Å². The van der Waals surface area contributed by atoms with E-state index in [4.69, 9.17) is 9.47 Å². The Balaban J connectivity index is 1.49. The van der Waals surface area contributed by atoms with Crippen molar-refractivity contribution in [1.29, 1.82) is 0 Å². The predicted octanol–water partition coefficient (Wildman–Crippen LogP) is 8.82. The molecule has 2 aliphatic rings. The van der Waals surface area contributed by atoms with Crippen molar-refractivity contribution in [1.82, 2.24) is 0 Å². The number of rotatable bonds is 5. The molecule has 3 heteroatoms. The van der Waals surface area contributed by atoms with Crippen LogP contribution in [0, 0.1) is 6.92 Å². The summed E-state index contributed by atoms with van der Waals surface area (Å²) in [7, 11) is 0. The largest absolute Gasteiger partial charge is 0.458 e. The number of hydrogen-bond acceptors (Lipinski definition) is 2. The van der Waals surface area contributed by atoms with Crippen LogP contribution in [0.3, 0.4) is 0 Å². The maximum atomic E-state index is 6.93. The first kappa shape index (κ1) is 26.2. The van der Waals surface area contributed by atoms with E-state index in [2.05, 4.69) is 137 Å². The predicted molar refractivity (Wildman–Crippen MR) is 177 cm³/mol. The summed E-state index contributed by atoms with van der Waals surface area (Å²) in [6, 6.07) is 36.6. The van der Waals surface area contributed by atoms with Crippen molar-refractivity contribution >= 4 is 28.7 Å². The number of ether oxygens (including phenoxy) is 2. The lowest BCUT2D eigenvalue weighted by atomic mass is 9.34. The third-order valence-electron chi connectivity index (χ3n) is 8.41. The van der Waals surface area contributed by atoms with Crippen LogP contribution in [-0.2, 0) is 0 Å². The second-order valence-electron chi connectivity index (χ2n) is 11.4. The maximum Gasteiger partial charge on any atom is 0.260 e. The summed E-state index contributed by atoms with van der Waals surface area (Å²) in [6.45, 7) is 8.68. The van der Waals surface area contributed by atoms with Gasteiger partial charge in [0.05, 0.1) is 0 Å². The molecule has 0 atom stereocenters. The normalized spacial score (nSPS) is 12.6. The first-order chi connectivity index (χ1) is 20.5. The second-order valence-corrected chi connectivity index (χ2v) is 11.4. The van der Waals surface area contributed by atoms with Gasteiger partial charge in [-0.15, -0.1) is 0 Å². The van der Waals surface area contributed by atoms with Gasteiger partial charge in [-0.3, -0.25) is 0 Å². The summed E-state index contributed by atoms with van der Waals surface area (Å²) < 4.78 is 13.6. The summed E-state index contributed by atoms with van der Waals surface area (Å²) in [5.41, 5.74) is 12.9. The molecule has 204 valence electrons. The fourth-order valence-electron chi connectivity index (χ4n) is 6.36. The van der Waals surface area contributed by atoms with Crippen molar-refractivity contribution in [2.45, 2.75) is 34.1 Å². The van der Waals surface area contributed by atoms with Gasteiger partial charge in [0.2, 0.25) is 0 Å². The van der Waals surface area contributed by atoms with Crippen LogP contribution in [0.25, 0.3) is 27.8 Å². The minimum atomic E-state index is -0.00944. The number of hydrogen-bond donors (Lipinski definition) is 0. The van der Waals surface area contributed by atoms with Gasteiger partial charge < -0.3 is 9.47 Å². The summed E-state index contributed by atoms with van der Waals surface area (Å²) in [6.07, 6.45) is 5.44. The van der Waals surface area contributed by atoms with Crippen molar-refractivity contribution < 1.29 is 9.47 Å². The van der Waals surface area contributed by atoms with Crippen molar-refractivity contribution in [3.63, 3.8) is 0 Å². The number of benzene rings is 5. The van der Waals surface area contributed by atoms with Crippen LogP contribution in [-0.4, -0.2) is 6.71 Å². The first-order valence-corrected chi connectivity index (χ1v) is 14.8. The zero-order valence-corrected chi connectivity index (χ0v) is 24.6. The number of fused-ring (bicyclic) bond motifs is 4. The van der Waals surface area contributed by atoms with Crippen LogP contribution in [0.2, 0.25) is 0 Å². The molecule has 5 aromatic carbocycles. The average Bonchev–Trinajstić information content (AvgIpc) is 3.01. The SMILES string of the molecule is CC/C=C\C(=C(C)C)c1cccc2c1Oc1cc(-c3ccccc3)cc3c1B2c1cc(-c2ccccc2C)ccc1O3. The van der Waals surface area contributed by atoms with Gasteiger partial charge in [0.25, 0.3) is 6.71 Å². The Morgan fingerprint density at radius 1 is 0.690 bits per heavy atom. The van der Waals surface area contributed by atoms with Crippen LogP contribution in [0.4, 0.5) is 0 Å². The van der Waals surface area contributed by atoms with Gasteiger partial charge in [-0.1, -0.05) is 110 Å². The van der Waals surface area contributed by atoms with E-state index < -0.39 is 0 Å². The third-order valence-corrected chi connectivity index (χ3v) is 8.41. The monoisotopic (exact) mass is 544 g/mol. The van der Waals surface area contributed by atoms with E-state index in [0.29, 0.717) is 0 Å². The van der Waals surface area contributed by atoms with Crippen molar-refractivity contribution in [2.75, 3.05) is 0 Å². The molecular formula is C39H33BO2. The topological polar surface area (TPSA) is 18.5 Å². The minimum Gasteiger partial charge on any atom is -0.458 e. The molecule has 0 saturated heterocycles. The molecule has 0 amide bonds. The molecule has 0 aromatic heterocycles. The molecule has 42 heavy (non-hydrogen) atoms. The fourth-order valence-corrected chi connectivity index (χ4v) is 6.36. The quantitative estimate of drug-likeness (QED) is 0.159. The highest BCUT2D eigenvalue weighted by atomic mass is 16.5. The molecule has 2 nitrogen and oxygen atoms in total. The number of para-hydroxylation sites is 1. The van der Waals surface area contributed by atoms with E-state index in [9.17, 15) is 0 Å². The lowest BCUT2D eigenvalue weighted by Gasteiger charge is -2.34. The van der Waals surface area contributed by atoms with Gasteiger partial charge in [0, 0.05) is 11.0 Å². The van der Waals surface area contributed by atoms with Crippen LogP contribution in [0.5, 0.6) is 23.0 Å². The van der Waals surface area contributed by atoms with E-state index in [1.807, 2.05) is 6.07 Å². The van der Waals surface area contributed by atoms with Crippen LogP contribution >= 0.6 is 0 Å². The van der Waals surface area contributed by atoms with Gasteiger partial charge in [-0.2, -0.15) is 0 Å². The van der Waals surface area contributed by atoms with Gasteiger partial charge in [0.1, 0.15) is 23.0 Å². The minimum absolute atomic E-state index is 0.00944. The highest BCUT2D eigenvalue weighted by molar-refractivity contribution is 6.98. The van der Waals surface area contributed by atoms with Gasteiger partial charge in [-0.25, -0.2) is 0 Å². The molecule has 5 aromatic rings. The molecule has 2 heterocycles. The first-order valence-electron chi connectivity index (χ1n) is 14.8. The Labute approximate surface area is 249 Å². The molecule has 0 saturated carbocycles. The second kappa shape index (κ2) is 10.6. The van der Waals surface area contributed by atoms with Gasteiger partial charge in [-0.05, 0) is 89.7 Å². The standard InChI is InChI=1S/C39H33BO2/c1-5-6-16-30(25(2)3)32-18-12-19-33-39(32)42-37-24-29(27-14-8-7-9-15-27)23-36-38(37)40(33)34-22-28(20-21-35(34)41-36)31-17-11-10-13-26(31)4/h6-24H,5H2,1-4H3/b16-6-. The summed E-state index contributed by atoms with van der Waals surface area (Å²) in [4.78, 5) is 0. The van der Waals surface area contributed by atoms with Crippen molar-refractivity contribution in [2.24, 2.45) is 0 Å². The molecule has 7 rings (SSSR count). The number of allylic oxidation sites excluding steroid dienone is 4. The molecule has 2 aliphatic heterocycles. The Bertz CT molecular complexity index is 1890. The molecule has 0 N–H and O–H groups in total. The molecule has 0 radical (unpaired) electrons. The Morgan fingerprint density at radius 2 is 1.45 bits per heavy atom. The van der Waals surface area contributed by atoms with E-state index in [-0.39, 0.29) is 6.71 Å². The highest BCUT2D eigenvalue weighted by Gasteiger charge is 2.41. The summed E-state index contributed by atoms with van der Waals surface area (Å²) in [5, 5.41) is 0. The number of aryl methyl sites for hydroxylation is 1. The zero-order valence-electron chi connectivity index (χ0n) is 24.6. The average molecular weight is 545 g/mol. The fraction of sp³-hybridized carbons (Fsp3) is 0.128. The molecular weight excluding hydrogens is 511 g/mol. The zero-order chi connectivity index (χ0) is 28.8. The van der Waals surface area contributed by atoms with Crippen molar-refractivity contribution in [3.05, 3.63) is 132 Å². The molecule has 0 bridgehead atoms. The lowest BCUT2D eigenvalue weighted by molar-refractivity contribution is 0.464. The van der Waals surface area contributed by atoms with E-state index >= 15 is 0 Å². The molecule has 0 spiro atoms. The van der Waals surface area contributed by atoms with Gasteiger partial charge >= 0.3 is 0 Å². The third kappa shape index (κ3) is 4.37. The van der Waals surface area contributed by atoms with E-state index in [1.54, 1.807) is 0 Å².